The van der Waals surface area contributed by atoms with E-state index < -0.39 is 0 Å². The number of aryl methyl sites for hydroxylation is 2. The van der Waals surface area contributed by atoms with Crippen molar-refractivity contribution in [3.8, 4) is 0 Å². The van der Waals surface area contributed by atoms with Crippen LogP contribution >= 0.6 is 0 Å². The minimum Gasteiger partial charge on any atom is -0.316 e. The molecule has 2 aromatic rings. The number of hydrogen-bond acceptors (Lipinski definition) is 4. The molecule has 2 rings (SSSR count). The second kappa shape index (κ2) is 7.75. The second-order valence-electron chi connectivity index (χ2n) is 5.05. The quantitative estimate of drug-likeness (QED) is 0.747. The Bertz CT molecular complexity index is 494. The molecule has 1 aromatic heterocycles. The van der Waals surface area contributed by atoms with E-state index >= 15 is 0 Å². The molecule has 1 N–H and O–H groups in total. The Morgan fingerprint density at radius 3 is 2.70 bits per heavy atom. The monoisotopic (exact) mass is 273 g/mol. The fourth-order valence-electron chi connectivity index (χ4n) is 2.29. The van der Waals surface area contributed by atoms with Crippen LogP contribution in [0, 0.1) is 0 Å². The number of nitrogens with one attached hydrogen (secondary N) is 1. The summed E-state index contributed by atoms with van der Waals surface area (Å²) in [5.74, 6) is 1.32. The topological polar surface area (TPSA) is 55.6 Å². The van der Waals surface area contributed by atoms with E-state index in [9.17, 15) is 0 Å². The van der Waals surface area contributed by atoms with Crippen molar-refractivity contribution < 1.29 is 0 Å². The fourth-order valence-corrected chi connectivity index (χ4v) is 2.29. The summed E-state index contributed by atoms with van der Waals surface area (Å²) in [6.07, 6.45) is 3.06. The highest BCUT2D eigenvalue weighted by molar-refractivity contribution is 5.20. The number of nitrogens with zero attached hydrogens (tertiary/aromatic N) is 4. The van der Waals surface area contributed by atoms with Gasteiger partial charge in [0.2, 0.25) is 0 Å². The molecule has 0 spiro atoms. The van der Waals surface area contributed by atoms with Crippen LogP contribution in [-0.2, 0) is 13.5 Å². The van der Waals surface area contributed by atoms with Crippen LogP contribution in [0.4, 0.5) is 0 Å². The Morgan fingerprint density at radius 2 is 2.05 bits per heavy atom. The van der Waals surface area contributed by atoms with Crippen molar-refractivity contribution in [3.05, 3.63) is 41.7 Å². The number of tetrazole rings is 1. The molecular formula is C15H23N5. The SMILES string of the molecule is CCCNCC(CCc1nnn(C)n1)c1ccccc1. The average molecular weight is 273 g/mol. The van der Waals surface area contributed by atoms with Crippen molar-refractivity contribution in [2.75, 3.05) is 13.1 Å². The molecular weight excluding hydrogens is 250 g/mol. The highest BCUT2D eigenvalue weighted by Gasteiger charge is 2.12. The van der Waals surface area contributed by atoms with Gasteiger partial charge in [-0.2, -0.15) is 4.80 Å². The zero-order valence-electron chi connectivity index (χ0n) is 12.3. The van der Waals surface area contributed by atoms with Crippen LogP contribution in [0.3, 0.4) is 0 Å². The third-order valence-corrected chi connectivity index (χ3v) is 3.35. The van der Waals surface area contributed by atoms with Crippen molar-refractivity contribution in [1.82, 2.24) is 25.5 Å². The Labute approximate surface area is 120 Å². The molecule has 0 saturated heterocycles. The molecule has 0 fully saturated rings. The molecule has 0 aliphatic heterocycles. The van der Waals surface area contributed by atoms with Gasteiger partial charge in [-0.05, 0) is 36.1 Å². The molecule has 1 atom stereocenters. The van der Waals surface area contributed by atoms with E-state index in [1.54, 1.807) is 7.05 Å². The molecule has 0 aliphatic rings. The minimum atomic E-state index is 0.492. The summed E-state index contributed by atoms with van der Waals surface area (Å²) in [4.78, 5) is 1.52. The number of hydrogen-bond donors (Lipinski definition) is 1. The summed E-state index contributed by atoms with van der Waals surface area (Å²) >= 11 is 0. The first-order valence-corrected chi connectivity index (χ1v) is 7.28. The first-order chi connectivity index (χ1) is 9.79. The number of aromatic nitrogens is 4. The van der Waals surface area contributed by atoms with Crippen molar-refractivity contribution in [3.63, 3.8) is 0 Å². The Morgan fingerprint density at radius 1 is 1.25 bits per heavy atom. The van der Waals surface area contributed by atoms with Gasteiger partial charge >= 0.3 is 0 Å². The first-order valence-electron chi connectivity index (χ1n) is 7.28. The van der Waals surface area contributed by atoms with E-state index in [1.165, 1.54) is 10.4 Å². The van der Waals surface area contributed by atoms with Crippen LogP contribution in [0.5, 0.6) is 0 Å². The van der Waals surface area contributed by atoms with Gasteiger partial charge in [0, 0.05) is 13.0 Å². The molecule has 0 radical (unpaired) electrons. The highest BCUT2D eigenvalue weighted by atomic mass is 15.6. The predicted octanol–water partition coefficient (Wildman–Crippen LogP) is 1.93. The maximum absolute atomic E-state index is 4.25. The highest BCUT2D eigenvalue weighted by Crippen LogP contribution is 2.20. The lowest BCUT2D eigenvalue weighted by Gasteiger charge is -2.17. The summed E-state index contributed by atoms with van der Waals surface area (Å²) in [6, 6.07) is 10.7. The van der Waals surface area contributed by atoms with Crippen LogP contribution in [-0.4, -0.2) is 33.3 Å². The minimum absolute atomic E-state index is 0.492. The zero-order chi connectivity index (χ0) is 14.2. The normalized spacial score (nSPS) is 12.5. The van der Waals surface area contributed by atoms with Gasteiger partial charge in [-0.15, -0.1) is 10.2 Å². The molecule has 0 amide bonds. The van der Waals surface area contributed by atoms with Gasteiger partial charge in [0.15, 0.2) is 5.82 Å². The number of benzene rings is 1. The van der Waals surface area contributed by atoms with E-state index in [4.69, 9.17) is 0 Å². The molecule has 5 heteroatoms. The lowest BCUT2D eigenvalue weighted by Crippen LogP contribution is -2.23. The lowest BCUT2D eigenvalue weighted by molar-refractivity contribution is 0.541. The van der Waals surface area contributed by atoms with E-state index in [0.717, 1.165) is 38.2 Å². The molecule has 5 nitrogen and oxygen atoms in total. The largest absolute Gasteiger partial charge is 0.316 e. The van der Waals surface area contributed by atoms with Crippen LogP contribution in [0.15, 0.2) is 30.3 Å². The van der Waals surface area contributed by atoms with Gasteiger partial charge in [0.25, 0.3) is 0 Å². The molecule has 108 valence electrons. The summed E-state index contributed by atoms with van der Waals surface area (Å²) < 4.78 is 0. The van der Waals surface area contributed by atoms with Crippen molar-refractivity contribution in [1.29, 1.82) is 0 Å². The summed E-state index contributed by atoms with van der Waals surface area (Å²) in [7, 11) is 1.80. The fraction of sp³-hybridized carbons (Fsp3) is 0.533. The van der Waals surface area contributed by atoms with Gasteiger partial charge < -0.3 is 5.32 Å². The first kappa shape index (κ1) is 14.7. The molecule has 20 heavy (non-hydrogen) atoms. The van der Waals surface area contributed by atoms with Crippen molar-refractivity contribution >= 4 is 0 Å². The molecule has 1 heterocycles. The maximum atomic E-state index is 4.25. The summed E-state index contributed by atoms with van der Waals surface area (Å²) in [5, 5.41) is 15.7. The van der Waals surface area contributed by atoms with Crippen molar-refractivity contribution in [2.24, 2.45) is 7.05 Å². The van der Waals surface area contributed by atoms with Crippen LogP contribution in [0.2, 0.25) is 0 Å². The van der Waals surface area contributed by atoms with Gasteiger partial charge in [0.1, 0.15) is 0 Å². The van der Waals surface area contributed by atoms with E-state index in [1.807, 2.05) is 0 Å². The summed E-state index contributed by atoms with van der Waals surface area (Å²) in [6.45, 7) is 4.25. The zero-order valence-corrected chi connectivity index (χ0v) is 12.3. The standard InChI is InChI=1S/C15H23N5/c1-3-11-16-12-14(13-7-5-4-6-8-13)9-10-15-17-19-20(2)18-15/h4-8,14,16H,3,9-12H2,1-2H3. The maximum Gasteiger partial charge on any atom is 0.174 e. The van der Waals surface area contributed by atoms with Gasteiger partial charge in [-0.25, -0.2) is 0 Å². The lowest BCUT2D eigenvalue weighted by atomic mass is 9.94. The third kappa shape index (κ3) is 4.42. The molecule has 1 unspecified atom stereocenters. The molecule has 0 bridgehead atoms. The third-order valence-electron chi connectivity index (χ3n) is 3.35. The van der Waals surface area contributed by atoms with Gasteiger partial charge in [-0.1, -0.05) is 37.3 Å². The average Bonchev–Trinajstić information content (AvgIpc) is 2.89. The second-order valence-corrected chi connectivity index (χ2v) is 5.05. The van der Waals surface area contributed by atoms with Crippen LogP contribution in [0.25, 0.3) is 0 Å². The van der Waals surface area contributed by atoms with Crippen LogP contribution in [0.1, 0.15) is 37.1 Å². The van der Waals surface area contributed by atoms with E-state index in [2.05, 4.69) is 58.0 Å². The number of rotatable bonds is 8. The van der Waals surface area contributed by atoms with E-state index in [-0.39, 0.29) is 0 Å². The Kier molecular flexibility index (Phi) is 5.68. The van der Waals surface area contributed by atoms with Crippen LogP contribution < -0.4 is 5.32 Å². The molecule has 0 aliphatic carbocycles. The van der Waals surface area contributed by atoms with E-state index in [0.29, 0.717) is 5.92 Å². The van der Waals surface area contributed by atoms with Gasteiger partial charge in [-0.3, -0.25) is 0 Å². The smallest absolute Gasteiger partial charge is 0.174 e. The predicted molar refractivity (Wildman–Crippen MR) is 79.5 cm³/mol. The van der Waals surface area contributed by atoms with Gasteiger partial charge in [0.05, 0.1) is 7.05 Å². The summed E-state index contributed by atoms with van der Waals surface area (Å²) in [5.41, 5.74) is 1.37. The Balaban J connectivity index is 1.95. The molecule has 0 saturated carbocycles. The Hall–Kier alpha value is -1.75. The van der Waals surface area contributed by atoms with Crippen molar-refractivity contribution in [2.45, 2.75) is 32.1 Å². The molecule has 1 aromatic carbocycles.